The Kier molecular flexibility index (Phi) is 6.02. The largest absolute Gasteiger partial charge is 0.240 e. The number of nitrogens with one attached hydrogen (secondary N) is 1. The van der Waals surface area contributed by atoms with Crippen molar-refractivity contribution < 1.29 is 8.42 Å². The summed E-state index contributed by atoms with van der Waals surface area (Å²) in [6.07, 6.45) is 2.02. The Hall–Kier alpha value is -0.390. The lowest BCUT2D eigenvalue weighted by atomic mass is 9.88. The first kappa shape index (κ1) is 16.7. The summed E-state index contributed by atoms with van der Waals surface area (Å²) in [6.45, 7) is 6.55. The highest BCUT2D eigenvalue weighted by molar-refractivity contribution is 9.09. The van der Waals surface area contributed by atoms with Gasteiger partial charge in [0.25, 0.3) is 0 Å². The highest BCUT2D eigenvalue weighted by Crippen LogP contribution is 2.22. The number of alkyl halides is 1. The van der Waals surface area contributed by atoms with E-state index in [9.17, 15) is 8.42 Å². The van der Waals surface area contributed by atoms with Crippen molar-refractivity contribution in [1.29, 1.82) is 0 Å². The molecule has 0 aliphatic heterocycles. The molecule has 1 aromatic carbocycles. The summed E-state index contributed by atoms with van der Waals surface area (Å²) >= 11 is 3.40. The number of aryl methyl sites for hydroxylation is 1. The number of hydrogen-bond donors (Lipinski definition) is 1. The van der Waals surface area contributed by atoms with Crippen LogP contribution in [-0.4, -0.2) is 20.3 Å². The first-order chi connectivity index (χ1) is 8.77. The summed E-state index contributed by atoms with van der Waals surface area (Å²) in [5.74, 6) is 0. The molecule has 0 heterocycles. The standard InChI is InChI=1S/C14H22BrNO2S/c1-12-5-7-13(8-6-12)19(17,18)16-11-14(2,3)9-4-10-15/h5-8,16H,4,9-11H2,1-3H3. The van der Waals surface area contributed by atoms with Crippen LogP contribution in [0.2, 0.25) is 0 Å². The van der Waals surface area contributed by atoms with Crippen molar-refractivity contribution >= 4 is 26.0 Å². The molecule has 0 aliphatic rings. The Bertz CT molecular complexity index is 495. The van der Waals surface area contributed by atoms with Gasteiger partial charge < -0.3 is 0 Å². The molecule has 0 unspecified atom stereocenters. The molecule has 0 fully saturated rings. The molecule has 3 nitrogen and oxygen atoms in total. The van der Waals surface area contributed by atoms with Gasteiger partial charge in [-0.3, -0.25) is 0 Å². The first-order valence-electron chi connectivity index (χ1n) is 6.39. The summed E-state index contributed by atoms with van der Waals surface area (Å²) in [6, 6.07) is 6.90. The molecule has 0 spiro atoms. The molecule has 0 saturated carbocycles. The fourth-order valence-corrected chi connectivity index (χ4v) is 3.25. The highest BCUT2D eigenvalue weighted by atomic mass is 79.9. The van der Waals surface area contributed by atoms with Crippen LogP contribution in [0.1, 0.15) is 32.3 Å². The van der Waals surface area contributed by atoms with E-state index in [1.54, 1.807) is 12.1 Å². The predicted molar refractivity (Wildman–Crippen MR) is 83.2 cm³/mol. The molecule has 1 aromatic rings. The summed E-state index contributed by atoms with van der Waals surface area (Å²) < 4.78 is 27.0. The van der Waals surface area contributed by atoms with Gasteiger partial charge in [-0.15, -0.1) is 0 Å². The second-order valence-corrected chi connectivity index (χ2v) is 8.15. The second kappa shape index (κ2) is 6.86. The lowest BCUT2D eigenvalue weighted by Crippen LogP contribution is -2.34. The molecule has 0 amide bonds. The minimum Gasteiger partial charge on any atom is -0.211 e. The third-order valence-corrected chi connectivity index (χ3v) is 5.04. The maximum Gasteiger partial charge on any atom is 0.240 e. The molecule has 0 aliphatic carbocycles. The van der Waals surface area contributed by atoms with E-state index < -0.39 is 10.0 Å². The van der Waals surface area contributed by atoms with Crippen molar-refractivity contribution in [3.05, 3.63) is 29.8 Å². The van der Waals surface area contributed by atoms with Crippen molar-refractivity contribution in [3.63, 3.8) is 0 Å². The van der Waals surface area contributed by atoms with Crippen LogP contribution in [0.3, 0.4) is 0 Å². The van der Waals surface area contributed by atoms with Gasteiger partial charge in [0.05, 0.1) is 4.90 Å². The predicted octanol–water partition coefficient (Wildman–Crippen LogP) is 3.47. The fraction of sp³-hybridized carbons (Fsp3) is 0.571. The topological polar surface area (TPSA) is 46.2 Å². The molecule has 0 atom stereocenters. The van der Waals surface area contributed by atoms with E-state index in [2.05, 4.69) is 34.5 Å². The number of sulfonamides is 1. The lowest BCUT2D eigenvalue weighted by Gasteiger charge is -2.24. The molecule has 0 bridgehead atoms. The van der Waals surface area contributed by atoms with E-state index >= 15 is 0 Å². The van der Waals surface area contributed by atoms with Crippen molar-refractivity contribution in [1.82, 2.24) is 4.72 Å². The van der Waals surface area contributed by atoms with Crippen LogP contribution in [0, 0.1) is 12.3 Å². The van der Waals surface area contributed by atoms with E-state index in [-0.39, 0.29) is 5.41 Å². The molecule has 0 saturated heterocycles. The summed E-state index contributed by atoms with van der Waals surface area (Å²) in [7, 11) is -3.40. The van der Waals surface area contributed by atoms with E-state index in [4.69, 9.17) is 0 Å². The van der Waals surface area contributed by atoms with Gasteiger partial charge in [-0.1, -0.05) is 47.5 Å². The van der Waals surface area contributed by atoms with E-state index in [1.807, 2.05) is 19.1 Å². The van der Waals surface area contributed by atoms with E-state index in [1.165, 1.54) is 0 Å². The maximum atomic E-state index is 12.1. The zero-order valence-electron chi connectivity index (χ0n) is 11.7. The Labute approximate surface area is 125 Å². The fourth-order valence-electron chi connectivity index (χ4n) is 1.72. The monoisotopic (exact) mass is 347 g/mol. The first-order valence-corrected chi connectivity index (χ1v) is 9.00. The lowest BCUT2D eigenvalue weighted by molar-refractivity contribution is 0.332. The van der Waals surface area contributed by atoms with Crippen molar-refractivity contribution in [2.75, 3.05) is 11.9 Å². The molecule has 5 heteroatoms. The third kappa shape index (κ3) is 5.63. The van der Waals surface area contributed by atoms with E-state index in [0.29, 0.717) is 11.4 Å². The molecule has 108 valence electrons. The number of halogens is 1. The average Bonchev–Trinajstić information content (AvgIpc) is 2.35. The van der Waals surface area contributed by atoms with Crippen LogP contribution in [0.25, 0.3) is 0 Å². The zero-order valence-corrected chi connectivity index (χ0v) is 14.1. The number of hydrogen-bond acceptors (Lipinski definition) is 2. The van der Waals surface area contributed by atoms with Crippen molar-refractivity contribution in [2.24, 2.45) is 5.41 Å². The van der Waals surface area contributed by atoms with Crippen LogP contribution >= 0.6 is 15.9 Å². The van der Waals surface area contributed by atoms with Gasteiger partial charge >= 0.3 is 0 Å². The quantitative estimate of drug-likeness (QED) is 0.767. The van der Waals surface area contributed by atoms with Crippen LogP contribution in [0.5, 0.6) is 0 Å². The summed E-state index contributed by atoms with van der Waals surface area (Å²) in [5, 5.41) is 0.946. The summed E-state index contributed by atoms with van der Waals surface area (Å²) in [4.78, 5) is 0.328. The minimum atomic E-state index is -3.40. The number of benzene rings is 1. The van der Waals surface area contributed by atoms with Gasteiger partial charge in [0.15, 0.2) is 0 Å². The molecule has 0 aromatic heterocycles. The van der Waals surface area contributed by atoms with Crippen LogP contribution in [-0.2, 0) is 10.0 Å². The Balaban J connectivity index is 2.68. The smallest absolute Gasteiger partial charge is 0.211 e. The van der Waals surface area contributed by atoms with E-state index in [0.717, 1.165) is 23.7 Å². The Morgan fingerprint density at radius 3 is 2.32 bits per heavy atom. The van der Waals surface area contributed by atoms with Crippen LogP contribution < -0.4 is 4.72 Å². The van der Waals surface area contributed by atoms with Crippen molar-refractivity contribution in [3.8, 4) is 0 Å². The van der Waals surface area contributed by atoms with Gasteiger partial charge in [0.1, 0.15) is 0 Å². The zero-order chi connectivity index (χ0) is 14.5. The molecule has 19 heavy (non-hydrogen) atoms. The van der Waals surface area contributed by atoms with Crippen molar-refractivity contribution in [2.45, 2.75) is 38.5 Å². The van der Waals surface area contributed by atoms with Crippen LogP contribution in [0.15, 0.2) is 29.2 Å². The minimum absolute atomic E-state index is 0.0362. The van der Waals surface area contributed by atoms with Gasteiger partial charge in [0.2, 0.25) is 10.0 Å². The Morgan fingerprint density at radius 1 is 1.21 bits per heavy atom. The van der Waals surface area contributed by atoms with Crippen LogP contribution in [0.4, 0.5) is 0 Å². The normalized spacial score (nSPS) is 12.6. The molecule has 0 radical (unpaired) electrons. The van der Waals surface area contributed by atoms with Gasteiger partial charge in [-0.25, -0.2) is 13.1 Å². The molecular formula is C14H22BrNO2S. The highest BCUT2D eigenvalue weighted by Gasteiger charge is 2.21. The SMILES string of the molecule is Cc1ccc(S(=O)(=O)NCC(C)(C)CCCBr)cc1. The molecule has 1 rings (SSSR count). The molecular weight excluding hydrogens is 326 g/mol. The summed E-state index contributed by atoms with van der Waals surface area (Å²) in [5.41, 5.74) is 1.02. The molecule has 1 N–H and O–H groups in total. The second-order valence-electron chi connectivity index (χ2n) is 5.59. The van der Waals surface area contributed by atoms with Gasteiger partial charge in [-0.2, -0.15) is 0 Å². The third-order valence-electron chi connectivity index (χ3n) is 3.06. The number of rotatable bonds is 7. The Morgan fingerprint density at radius 2 is 1.79 bits per heavy atom. The van der Waals surface area contributed by atoms with Gasteiger partial charge in [-0.05, 0) is 37.3 Å². The maximum absolute atomic E-state index is 12.1. The average molecular weight is 348 g/mol. The van der Waals surface area contributed by atoms with Gasteiger partial charge in [0, 0.05) is 11.9 Å².